The molecule has 0 aliphatic carbocycles. The summed E-state index contributed by atoms with van der Waals surface area (Å²) in [5.74, 6) is -0.421. The number of hydrogen-bond acceptors (Lipinski definition) is 2. The third-order valence-electron chi connectivity index (χ3n) is 4.68. The molecular weight excluding hydrogens is 324 g/mol. The number of nitrogens with one attached hydrogen (secondary N) is 1. The van der Waals surface area contributed by atoms with Crippen LogP contribution < -0.4 is 5.43 Å². The van der Waals surface area contributed by atoms with Crippen LogP contribution in [0.4, 0.5) is 0 Å². The molecule has 0 saturated carbocycles. The Morgan fingerprint density at radius 3 is 2.35 bits per heavy atom. The quantitative estimate of drug-likeness (QED) is 0.805. The molecule has 4 nitrogen and oxygen atoms in total. The Bertz CT molecular complexity index is 812. The van der Waals surface area contributed by atoms with Crippen molar-refractivity contribution in [3.05, 3.63) is 69.8 Å². The molecule has 2 rings (SSSR count). The van der Waals surface area contributed by atoms with Gasteiger partial charge in [0.25, 0.3) is 11.8 Å². The van der Waals surface area contributed by atoms with E-state index in [-0.39, 0.29) is 11.8 Å². The smallest absolute Gasteiger partial charge is 0.267 e. The molecule has 0 aliphatic heterocycles. The number of carbonyl (C=O) groups is 2. The van der Waals surface area contributed by atoms with E-state index in [2.05, 4.69) is 12.3 Å². The first-order chi connectivity index (χ1) is 12.3. The second kappa shape index (κ2) is 8.65. The van der Waals surface area contributed by atoms with Gasteiger partial charge in [-0.25, -0.2) is 5.01 Å². The number of carbonyl (C=O) groups excluding carboxylic acids is 2. The zero-order valence-corrected chi connectivity index (χ0v) is 16.3. The van der Waals surface area contributed by atoms with E-state index in [0.717, 1.165) is 35.1 Å². The number of benzene rings is 2. The first-order valence-electron chi connectivity index (χ1n) is 9.11. The third-order valence-corrected chi connectivity index (χ3v) is 4.68. The van der Waals surface area contributed by atoms with E-state index < -0.39 is 0 Å². The van der Waals surface area contributed by atoms with Crippen molar-refractivity contribution in [2.45, 2.75) is 47.5 Å². The van der Waals surface area contributed by atoms with Crippen molar-refractivity contribution in [3.63, 3.8) is 0 Å². The highest BCUT2D eigenvalue weighted by atomic mass is 16.2. The lowest BCUT2D eigenvalue weighted by Crippen LogP contribution is -2.47. The van der Waals surface area contributed by atoms with Crippen LogP contribution in [0.5, 0.6) is 0 Å². The van der Waals surface area contributed by atoms with E-state index in [1.54, 1.807) is 6.07 Å². The second-order valence-corrected chi connectivity index (χ2v) is 6.82. The van der Waals surface area contributed by atoms with Crippen LogP contribution in [-0.4, -0.2) is 23.4 Å². The Labute approximate surface area is 156 Å². The van der Waals surface area contributed by atoms with Crippen LogP contribution in [0.15, 0.2) is 36.4 Å². The number of unbranched alkanes of at least 4 members (excludes halogenated alkanes) is 1. The lowest BCUT2D eigenvalue weighted by Gasteiger charge is -2.24. The fourth-order valence-electron chi connectivity index (χ4n) is 2.90. The summed E-state index contributed by atoms with van der Waals surface area (Å²) in [5, 5.41) is 1.45. The van der Waals surface area contributed by atoms with E-state index in [1.807, 2.05) is 58.0 Å². The second-order valence-electron chi connectivity index (χ2n) is 6.82. The average Bonchev–Trinajstić information content (AvgIpc) is 2.60. The fraction of sp³-hybridized carbons (Fsp3) is 0.364. The molecule has 0 atom stereocenters. The molecule has 0 aromatic heterocycles. The van der Waals surface area contributed by atoms with Crippen LogP contribution in [0.2, 0.25) is 0 Å². The largest absolute Gasteiger partial charge is 0.272 e. The van der Waals surface area contributed by atoms with Crippen molar-refractivity contribution in [3.8, 4) is 0 Å². The van der Waals surface area contributed by atoms with Crippen molar-refractivity contribution < 1.29 is 9.59 Å². The van der Waals surface area contributed by atoms with E-state index in [1.165, 1.54) is 5.01 Å². The Morgan fingerprint density at radius 1 is 0.962 bits per heavy atom. The summed E-state index contributed by atoms with van der Waals surface area (Å²) in [6.45, 7) is 10.4. The van der Waals surface area contributed by atoms with Gasteiger partial charge in [-0.3, -0.25) is 15.0 Å². The van der Waals surface area contributed by atoms with Gasteiger partial charge in [0.15, 0.2) is 0 Å². The van der Waals surface area contributed by atoms with Gasteiger partial charge in [0.2, 0.25) is 0 Å². The molecule has 0 fully saturated rings. The Morgan fingerprint density at radius 2 is 1.69 bits per heavy atom. The highest BCUT2D eigenvalue weighted by Crippen LogP contribution is 2.15. The highest BCUT2D eigenvalue weighted by Gasteiger charge is 2.21. The molecule has 0 saturated heterocycles. The van der Waals surface area contributed by atoms with Gasteiger partial charge in [0.05, 0.1) is 0 Å². The van der Waals surface area contributed by atoms with E-state index >= 15 is 0 Å². The molecule has 26 heavy (non-hydrogen) atoms. The molecule has 0 radical (unpaired) electrons. The summed E-state index contributed by atoms with van der Waals surface area (Å²) >= 11 is 0. The number of hydrogen-bond donors (Lipinski definition) is 1. The molecule has 2 aromatic rings. The molecule has 138 valence electrons. The molecule has 0 aliphatic rings. The molecule has 4 heteroatoms. The summed E-state index contributed by atoms with van der Waals surface area (Å²) in [5.41, 5.74) is 8.05. The van der Waals surface area contributed by atoms with E-state index in [4.69, 9.17) is 0 Å². The molecule has 2 aromatic carbocycles. The molecular formula is C22H28N2O2. The van der Waals surface area contributed by atoms with Crippen molar-refractivity contribution in [1.29, 1.82) is 0 Å². The molecule has 2 amide bonds. The first-order valence-corrected chi connectivity index (χ1v) is 9.11. The lowest BCUT2D eigenvalue weighted by molar-refractivity contribution is 0.0579. The zero-order chi connectivity index (χ0) is 19.3. The average molecular weight is 352 g/mol. The van der Waals surface area contributed by atoms with Gasteiger partial charge in [-0.05, 0) is 62.9 Å². The SMILES string of the molecule is CCCCN(NC(=O)c1cccc(C)c1C)C(=O)c1ccc(C)cc1C. The van der Waals surface area contributed by atoms with Gasteiger partial charge in [-0.1, -0.05) is 43.2 Å². The maximum atomic E-state index is 13.0. The number of hydrazine groups is 1. The minimum absolute atomic E-state index is 0.172. The van der Waals surface area contributed by atoms with Crippen molar-refractivity contribution >= 4 is 11.8 Å². The standard InChI is InChI=1S/C22H28N2O2/c1-6-7-13-24(22(26)19-12-11-15(2)14-17(19)4)23-21(25)20-10-8-9-16(3)18(20)5/h8-12,14H,6-7,13H2,1-5H3,(H,23,25). The maximum absolute atomic E-state index is 13.0. The number of rotatable bonds is 5. The predicted molar refractivity (Wildman–Crippen MR) is 105 cm³/mol. The highest BCUT2D eigenvalue weighted by molar-refractivity contribution is 6.00. The number of nitrogens with zero attached hydrogens (tertiary/aromatic N) is 1. The maximum Gasteiger partial charge on any atom is 0.272 e. The van der Waals surface area contributed by atoms with Crippen LogP contribution >= 0.6 is 0 Å². The van der Waals surface area contributed by atoms with Gasteiger partial charge in [0, 0.05) is 17.7 Å². The van der Waals surface area contributed by atoms with E-state index in [0.29, 0.717) is 17.7 Å². The number of aryl methyl sites for hydroxylation is 3. The molecule has 0 spiro atoms. The number of amides is 2. The molecule has 0 bridgehead atoms. The Kier molecular flexibility index (Phi) is 6.56. The Balaban J connectivity index is 2.27. The summed E-state index contributed by atoms with van der Waals surface area (Å²) in [7, 11) is 0. The summed E-state index contributed by atoms with van der Waals surface area (Å²) < 4.78 is 0. The normalized spacial score (nSPS) is 10.5. The van der Waals surface area contributed by atoms with Gasteiger partial charge in [-0.15, -0.1) is 0 Å². The summed E-state index contributed by atoms with van der Waals surface area (Å²) in [4.78, 5) is 25.8. The van der Waals surface area contributed by atoms with Gasteiger partial charge >= 0.3 is 0 Å². The van der Waals surface area contributed by atoms with Crippen molar-refractivity contribution in [2.75, 3.05) is 6.54 Å². The van der Waals surface area contributed by atoms with Gasteiger partial charge in [0.1, 0.15) is 0 Å². The first kappa shape index (κ1) is 19.7. The van der Waals surface area contributed by atoms with Crippen molar-refractivity contribution in [1.82, 2.24) is 10.4 Å². The van der Waals surface area contributed by atoms with Crippen LogP contribution in [0.25, 0.3) is 0 Å². The summed E-state index contributed by atoms with van der Waals surface area (Å²) in [6.07, 6.45) is 1.76. The topological polar surface area (TPSA) is 49.4 Å². The Hall–Kier alpha value is -2.62. The van der Waals surface area contributed by atoms with Crippen LogP contribution in [0, 0.1) is 27.7 Å². The van der Waals surface area contributed by atoms with Crippen LogP contribution in [-0.2, 0) is 0 Å². The lowest BCUT2D eigenvalue weighted by atomic mass is 10.0. The van der Waals surface area contributed by atoms with Crippen LogP contribution in [0.3, 0.4) is 0 Å². The third kappa shape index (κ3) is 4.51. The zero-order valence-electron chi connectivity index (χ0n) is 16.3. The summed E-state index contributed by atoms with van der Waals surface area (Å²) in [6, 6.07) is 11.4. The molecule has 0 unspecified atom stereocenters. The van der Waals surface area contributed by atoms with Crippen molar-refractivity contribution in [2.24, 2.45) is 0 Å². The van der Waals surface area contributed by atoms with E-state index in [9.17, 15) is 9.59 Å². The molecule has 0 heterocycles. The predicted octanol–water partition coefficient (Wildman–Crippen LogP) is 4.51. The minimum Gasteiger partial charge on any atom is -0.267 e. The van der Waals surface area contributed by atoms with Crippen LogP contribution in [0.1, 0.15) is 62.7 Å². The minimum atomic E-state index is -0.250. The molecule has 1 N–H and O–H groups in total. The monoisotopic (exact) mass is 352 g/mol. The van der Waals surface area contributed by atoms with Gasteiger partial charge in [-0.2, -0.15) is 0 Å². The fourth-order valence-corrected chi connectivity index (χ4v) is 2.90. The van der Waals surface area contributed by atoms with Gasteiger partial charge < -0.3 is 0 Å².